The highest BCUT2D eigenvalue weighted by Crippen LogP contribution is 2.38. The zero-order valence-electron chi connectivity index (χ0n) is 9.52. The Morgan fingerprint density at radius 3 is 2.94 bits per heavy atom. The standard InChI is InChI=1S/C12H14BrNO3/c1-8-12(11(15)16,4-5-17-8)6-10-3-2-9(13)7-14-10/h2-3,7-8H,4-6H2,1H3,(H,15,16). The van der Waals surface area contributed by atoms with Gasteiger partial charge in [0.15, 0.2) is 0 Å². The molecule has 0 saturated carbocycles. The molecule has 0 spiro atoms. The van der Waals surface area contributed by atoms with Gasteiger partial charge in [0.2, 0.25) is 0 Å². The molecule has 2 unspecified atom stereocenters. The Hall–Kier alpha value is -0.940. The Kier molecular flexibility index (Phi) is 3.49. The third-order valence-electron chi connectivity index (χ3n) is 3.41. The van der Waals surface area contributed by atoms with Gasteiger partial charge in [0, 0.05) is 29.4 Å². The Morgan fingerprint density at radius 2 is 2.47 bits per heavy atom. The third-order valence-corrected chi connectivity index (χ3v) is 3.87. The first-order valence-corrected chi connectivity index (χ1v) is 6.29. The summed E-state index contributed by atoms with van der Waals surface area (Å²) >= 11 is 3.31. The van der Waals surface area contributed by atoms with Crippen molar-refractivity contribution in [1.29, 1.82) is 0 Å². The first-order chi connectivity index (χ1) is 8.04. The Labute approximate surface area is 108 Å². The summed E-state index contributed by atoms with van der Waals surface area (Å²) in [5.74, 6) is -0.799. The van der Waals surface area contributed by atoms with E-state index in [9.17, 15) is 9.90 Å². The number of carbonyl (C=O) groups is 1. The molecule has 1 aromatic rings. The quantitative estimate of drug-likeness (QED) is 0.930. The maximum Gasteiger partial charge on any atom is 0.312 e. The highest BCUT2D eigenvalue weighted by atomic mass is 79.9. The topological polar surface area (TPSA) is 59.4 Å². The van der Waals surface area contributed by atoms with Gasteiger partial charge in [0.05, 0.1) is 6.10 Å². The Morgan fingerprint density at radius 1 is 1.71 bits per heavy atom. The van der Waals surface area contributed by atoms with E-state index >= 15 is 0 Å². The molecule has 0 radical (unpaired) electrons. The molecule has 2 rings (SSSR count). The van der Waals surface area contributed by atoms with Gasteiger partial charge in [-0.3, -0.25) is 9.78 Å². The predicted octanol–water partition coefficient (Wildman–Crippen LogP) is 2.27. The summed E-state index contributed by atoms with van der Waals surface area (Å²) in [5.41, 5.74) is -0.0474. The van der Waals surface area contributed by atoms with Crippen LogP contribution in [0.1, 0.15) is 19.0 Å². The molecule has 1 saturated heterocycles. The first-order valence-electron chi connectivity index (χ1n) is 5.50. The van der Waals surface area contributed by atoms with Crippen LogP contribution in [0.3, 0.4) is 0 Å². The van der Waals surface area contributed by atoms with E-state index in [2.05, 4.69) is 20.9 Å². The summed E-state index contributed by atoms with van der Waals surface area (Å²) in [6, 6.07) is 3.72. The molecule has 0 bridgehead atoms. The van der Waals surface area contributed by atoms with Gasteiger partial charge in [0.25, 0.3) is 0 Å². The number of aromatic nitrogens is 1. The lowest BCUT2D eigenvalue weighted by Crippen LogP contribution is -2.39. The van der Waals surface area contributed by atoms with Gasteiger partial charge in [-0.2, -0.15) is 0 Å². The highest BCUT2D eigenvalue weighted by molar-refractivity contribution is 9.10. The first kappa shape index (κ1) is 12.5. The monoisotopic (exact) mass is 299 g/mol. The number of carboxylic acids is 1. The molecule has 2 heterocycles. The summed E-state index contributed by atoms with van der Waals surface area (Å²) in [5, 5.41) is 9.43. The lowest BCUT2D eigenvalue weighted by atomic mass is 9.77. The van der Waals surface area contributed by atoms with Crippen LogP contribution < -0.4 is 0 Å². The van der Waals surface area contributed by atoms with E-state index in [4.69, 9.17) is 4.74 Å². The average molecular weight is 300 g/mol. The smallest absolute Gasteiger partial charge is 0.312 e. The van der Waals surface area contributed by atoms with Crippen LogP contribution in [0, 0.1) is 5.41 Å². The molecule has 2 atom stereocenters. The van der Waals surface area contributed by atoms with Gasteiger partial charge in [-0.15, -0.1) is 0 Å². The van der Waals surface area contributed by atoms with Crippen molar-refractivity contribution in [3.63, 3.8) is 0 Å². The molecule has 17 heavy (non-hydrogen) atoms. The fraction of sp³-hybridized carbons (Fsp3) is 0.500. The molecular weight excluding hydrogens is 286 g/mol. The van der Waals surface area contributed by atoms with Crippen LogP contribution in [0.5, 0.6) is 0 Å². The Bertz CT molecular complexity index is 420. The number of halogens is 1. The zero-order valence-corrected chi connectivity index (χ0v) is 11.1. The largest absolute Gasteiger partial charge is 0.481 e. The van der Waals surface area contributed by atoms with Crippen molar-refractivity contribution in [3.8, 4) is 0 Å². The van der Waals surface area contributed by atoms with E-state index in [0.29, 0.717) is 19.4 Å². The van der Waals surface area contributed by atoms with Crippen LogP contribution in [0.15, 0.2) is 22.8 Å². The number of nitrogens with zero attached hydrogens (tertiary/aromatic N) is 1. The molecule has 0 aliphatic carbocycles. The molecule has 0 aromatic carbocycles. The molecule has 92 valence electrons. The van der Waals surface area contributed by atoms with E-state index < -0.39 is 11.4 Å². The van der Waals surface area contributed by atoms with Gasteiger partial charge >= 0.3 is 5.97 Å². The Balaban J connectivity index is 2.24. The van der Waals surface area contributed by atoms with Gasteiger partial charge in [0.1, 0.15) is 5.41 Å². The van der Waals surface area contributed by atoms with Gasteiger partial charge in [-0.1, -0.05) is 0 Å². The van der Waals surface area contributed by atoms with Crippen LogP contribution in [0.25, 0.3) is 0 Å². The number of hydrogen-bond donors (Lipinski definition) is 1. The summed E-state index contributed by atoms with van der Waals surface area (Å²) in [4.78, 5) is 15.7. The summed E-state index contributed by atoms with van der Waals surface area (Å²) < 4.78 is 6.30. The van der Waals surface area contributed by atoms with Crippen molar-refractivity contribution in [1.82, 2.24) is 4.98 Å². The number of pyridine rings is 1. The second kappa shape index (κ2) is 4.74. The molecule has 1 fully saturated rings. The number of aliphatic carboxylic acids is 1. The molecular formula is C12H14BrNO3. The van der Waals surface area contributed by atoms with Crippen molar-refractivity contribution in [2.24, 2.45) is 5.41 Å². The number of hydrogen-bond acceptors (Lipinski definition) is 3. The molecule has 0 amide bonds. The van der Waals surface area contributed by atoms with Crippen LogP contribution in [-0.2, 0) is 16.0 Å². The van der Waals surface area contributed by atoms with Crippen LogP contribution >= 0.6 is 15.9 Å². The maximum absolute atomic E-state index is 11.5. The minimum atomic E-state index is -0.833. The molecule has 1 aliphatic heterocycles. The van der Waals surface area contributed by atoms with E-state index in [0.717, 1.165) is 10.2 Å². The third kappa shape index (κ3) is 2.35. The zero-order chi connectivity index (χ0) is 12.5. The number of rotatable bonds is 3. The fourth-order valence-electron chi connectivity index (χ4n) is 2.20. The van der Waals surface area contributed by atoms with Crippen molar-refractivity contribution in [3.05, 3.63) is 28.5 Å². The van der Waals surface area contributed by atoms with Crippen LogP contribution in [-0.4, -0.2) is 28.8 Å². The maximum atomic E-state index is 11.5. The summed E-state index contributed by atoms with van der Waals surface area (Å²) in [6.45, 7) is 2.32. The molecule has 5 heteroatoms. The lowest BCUT2D eigenvalue weighted by Gasteiger charge is -2.26. The molecule has 4 nitrogen and oxygen atoms in total. The minimum absolute atomic E-state index is 0.273. The minimum Gasteiger partial charge on any atom is -0.481 e. The average Bonchev–Trinajstić information content (AvgIpc) is 2.65. The normalized spacial score (nSPS) is 28.2. The SMILES string of the molecule is CC1OCCC1(Cc1ccc(Br)cn1)C(=O)O. The van der Waals surface area contributed by atoms with Gasteiger partial charge < -0.3 is 9.84 Å². The predicted molar refractivity (Wildman–Crippen MR) is 65.7 cm³/mol. The molecule has 1 aliphatic rings. The van der Waals surface area contributed by atoms with Crippen LogP contribution in [0.4, 0.5) is 0 Å². The van der Waals surface area contributed by atoms with E-state index in [1.807, 2.05) is 19.1 Å². The number of carboxylic acid groups (broad SMARTS) is 1. The van der Waals surface area contributed by atoms with E-state index in [1.165, 1.54) is 0 Å². The van der Waals surface area contributed by atoms with Crippen molar-refractivity contribution < 1.29 is 14.6 Å². The second-order valence-corrected chi connectivity index (χ2v) is 5.28. The summed E-state index contributed by atoms with van der Waals surface area (Å²) in [7, 11) is 0. The van der Waals surface area contributed by atoms with Crippen molar-refractivity contribution in [2.45, 2.75) is 25.9 Å². The van der Waals surface area contributed by atoms with Gasteiger partial charge in [-0.05, 0) is 41.4 Å². The molecule has 1 aromatic heterocycles. The van der Waals surface area contributed by atoms with Crippen molar-refractivity contribution in [2.75, 3.05) is 6.61 Å². The van der Waals surface area contributed by atoms with Gasteiger partial charge in [-0.25, -0.2) is 0 Å². The summed E-state index contributed by atoms with van der Waals surface area (Å²) in [6.07, 6.45) is 2.37. The van der Waals surface area contributed by atoms with E-state index in [1.54, 1.807) is 6.20 Å². The lowest BCUT2D eigenvalue weighted by molar-refractivity contribution is -0.151. The second-order valence-electron chi connectivity index (χ2n) is 4.37. The fourth-order valence-corrected chi connectivity index (χ4v) is 2.44. The van der Waals surface area contributed by atoms with Crippen molar-refractivity contribution >= 4 is 21.9 Å². The van der Waals surface area contributed by atoms with Crippen LogP contribution in [0.2, 0.25) is 0 Å². The molecule has 1 N–H and O–H groups in total. The number of ether oxygens (including phenoxy) is 1. The highest BCUT2D eigenvalue weighted by Gasteiger charge is 2.48. The van der Waals surface area contributed by atoms with E-state index in [-0.39, 0.29) is 6.10 Å².